The molecular weight excluding hydrogens is 220 g/mol. The number of aromatic nitrogens is 2. The normalized spacial score (nSPS) is 10.4. The van der Waals surface area contributed by atoms with Crippen molar-refractivity contribution in [1.29, 1.82) is 0 Å². The van der Waals surface area contributed by atoms with Gasteiger partial charge in [0.2, 0.25) is 0 Å². The van der Waals surface area contributed by atoms with Crippen LogP contribution < -0.4 is 0 Å². The van der Waals surface area contributed by atoms with E-state index in [2.05, 4.69) is 41.2 Å². The molecule has 0 atom stereocenters. The van der Waals surface area contributed by atoms with Gasteiger partial charge < -0.3 is 0 Å². The zero-order chi connectivity index (χ0) is 11.5. The van der Waals surface area contributed by atoms with Gasteiger partial charge in [0, 0.05) is 17.7 Å². The van der Waals surface area contributed by atoms with Crippen LogP contribution in [0, 0.1) is 13.8 Å². The molecular formula is C13H13ClN2. The van der Waals surface area contributed by atoms with E-state index in [4.69, 9.17) is 11.6 Å². The van der Waals surface area contributed by atoms with Crippen LogP contribution in [-0.2, 0) is 6.42 Å². The van der Waals surface area contributed by atoms with Gasteiger partial charge in [-0.2, -0.15) is 0 Å². The molecule has 1 aromatic heterocycles. The van der Waals surface area contributed by atoms with Crippen molar-refractivity contribution in [3.63, 3.8) is 0 Å². The molecule has 0 aliphatic carbocycles. The zero-order valence-electron chi connectivity index (χ0n) is 9.37. The number of benzene rings is 1. The molecule has 0 aliphatic heterocycles. The first kappa shape index (κ1) is 11.1. The number of halogens is 1. The van der Waals surface area contributed by atoms with Gasteiger partial charge in [-0.15, -0.1) is 0 Å². The van der Waals surface area contributed by atoms with E-state index in [9.17, 15) is 0 Å². The minimum atomic E-state index is 0.549. The first-order valence-corrected chi connectivity index (χ1v) is 5.56. The second-order valence-corrected chi connectivity index (χ2v) is 4.25. The van der Waals surface area contributed by atoms with Crippen LogP contribution in [0.5, 0.6) is 0 Å². The van der Waals surface area contributed by atoms with Crippen molar-refractivity contribution < 1.29 is 0 Å². The molecule has 0 radical (unpaired) electrons. The minimum Gasteiger partial charge on any atom is -0.241 e. The van der Waals surface area contributed by atoms with Gasteiger partial charge in [-0.25, -0.2) is 9.97 Å². The van der Waals surface area contributed by atoms with E-state index in [1.165, 1.54) is 17.5 Å². The number of aryl methyl sites for hydroxylation is 2. The largest absolute Gasteiger partial charge is 0.241 e. The van der Waals surface area contributed by atoms with E-state index >= 15 is 0 Å². The molecule has 82 valence electrons. The summed E-state index contributed by atoms with van der Waals surface area (Å²) in [4.78, 5) is 8.17. The van der Waals surface area contributed by atoms with Gasteiger partial charge in [0.1, 0.15) is 11.5 Å². The van der Waals surface area contributed by atoms with Crippen LogP contribution in [-0.4, -0.2) is 9.97 Å². The van der Waals surface area contributed by atoms with Crippen LogP contribution in [0.4, 0.5) is 0 Å². The number of hydrogen-bond acceptors (Lipinski definition) is 2. The van der Waals surface area contributed by atoms with Gasteiger partial charge in [0.15, 0.2) is 0 Å². The van der Waals surface area contributed by atoms with Gasteiger partial charge in [-0.1, -0.05) is 41.4 Å². The standard InChI is InChI=1S/C13H13ClN2/c1-9-3-5-11(6-4-9)7-12-10(2)15-8-16-13(12)14/h3-6,8H,7H2,1-2H3. The van der Waals surface area contributed by atoms with Crippen LogP contribution in [0.2, 0.25) is 5.15 Å². The lowest BCUT2D eigenvalue weighted by atomic mass is 10.0. The Balaban J connectivity index is 2.30. The zero-order valence-corrected chi connectivity index (χ0v) is 10.1. The molecule has 0 spiro atoms. The quantitative estimate of drug-likeness (QED) is 0.743. The Hall–Kier alpha value is -1.41. The number of rotatable bonds is 2. The third-order valence-corrected chi connectivity index (χ3v) is 2.94. The maximum atomic E-state index is 6.06. The molecule has 2 rings (SSSR count). The summed E-state index contributed by atoms with van der Waals surface area (Å²) < 4.78 is 0. The second kappa shape index (κ2) is 4.62. The Kier molecular flexibility index (Phi) is 3.20. The second-order valence-electron chi connectivity index (χ2n) is 3.89. The van der Waals surface area contributed by atoms with Crippen LogP contribution in [0.25, 0.3) is 0 Å². The summed E-state index contributed by atoms with van der Waals surface area (Å²) in [6.45, 7) is 4.03. The first-order valence-electron chi connectivity index (χ1n) is 5.18. The smallest absolute Gasteiger partial charge is 0.136 e. The van der Waals surface area contributed by atoms with Crippen molar-refractivity contribution in [1.82, 2.24) is 9.97 Å². The third-order valence-electron chi connectivity index (χ3n) is 2.61. The topological polar surface area (TPSA) is 25.8 Å². The van der Waals surface area contributed by atoms with Crippen molar-refractivity contribution in [3.05, 3.63) is 58.1 Å². The van der Waals surface area contributed by atoms with Gasteiger partial charge >= 0.3 is 0 Å². The molecule has 0 saturated heterocycles. The maximum absolute atomic E-state index is 6.06. The average molecular weight is 233 g/mol. The van der Waals surface area contributed by atoms with Crippen molar-refractivity contribution in [3.8, 4) is 0 Å². The number of hydrogen-bond donors (Lipinski definition) is 0. The van der Waals surface area contributed by atoms with Crippen molar-refractivity contribution in [2.45, 2.75) is 20.3 Å². The summed E-state index contributed by atoms with van der Waals surface area (Å²) in [6, 6.07) is 8.42. The molecule has 1 aromatic carbocycles. The summed E-state index contributed by atoms with van der Waals surface area (Å²) >= 11 is 6.06. The lowest BCUT2D eigenvalue weighted by Gasteiger charge is -2.06. The van der Waals surface area contributed by atoms with E-state index < -0.39 is 0 Å². The predicted octanol–water partition coefficient (Wildman–Crippen LogP) is 3.34. The Morgan fingerprint density at radius 3 is 2.38 bits per heavy atom. The molecule has 1 heterocycles. The summed E-state index contributed by atoms with van der Waals surface area (Å²) in [6.07, 6.45) is 2.28. The monoisotopic (exact) mass is 232 g/mol. The Bertz CT molecular complexity index is 472. The highest BCUT2D eigenvalue weighted by atomic mass is 35.5. The summed E-state index contributed by atoms with van der Waals surface area (Å²) in [5, 5.41) is 0.549. The molecule has 0 unspecified atom stereocenters. The molecule has 0 saturated carbocycles. The SMILES string of the molecule is Cc1ccc(Cc2c(C)ncnc2Cl)cc1. The van der Waals surface area contributed by atoms with E-state index in [1.54, 1.807) is 0 Å². The Morgan fingerprint density at radius 2 is 1.75 bits per heavy atom. The van der Waals surface area contributed by atoms with E-state index in [-0.39, 0.29) is 0 Å². The minimum absolute atomic E-state index is 0.549. The molecule has 16 heavy (non-hydrogen) atoms. The maximum Gasteiger partial charge on any atom is 0.136 e. The lowest BCUT2D eigenvalue weighted by Crippen LogP contribution is -1.97. The summed E-state index contributed by atoms with van der Waals surface area (Å²) in [7, 11) is 0. The fraction of sp³-hybridized carbons (Fsp3) is 0.231. The van der Waals surface area contributed by atoms with E-state index in [0.717, 1.165) is 17.7 Å². The average Bonchev–Trinajstić information content (AvgIpc) is 2.26. The Labute approximate surface area is 100 Å². The fourth-order valence-corrected chi connectivity index (χ4v) is 1.83. The van der Waals surface area contributed by atoms with Gasteiger partial charge in [-0.3, -0.25) is 0 Å². The van der Waals surface area contributed by atoms with Gasteiger partial charge in [-0.05, 0) is 19.4 Å². The van der Waals surface area contributed by atoms with Gasteiger partial charge in [0.25, 0.3) is 0 Å². The Morgan fingerprint density at radius 1 is 1.06 bits per heavy atom. The van der Waals surface area contributed by atoms with Crippen molar-refractivity contribution in [2.24, 2.45) is 0 Å². The molecule has 0 bridgehead atoms. The van der Waals surface area contributed by atoms with Crippen molar-refractivity contribution >= 4 is 11.6 Å². The van der Waals surface area contributed by atoms with Crippen LogP contribution >= 0.6 is 11.6 Å². The fourth-order valence-electron chi connectivity index (χ4n) is 1.58. The number of nitrogens with zero attached hydrogens (tertiary/aromatic N) is 2. The lowest BCUT2D eigenvalue weighted by molar-refractivity contribution is 1.01. The molecule has 2 aromatic rings. The third kappa shape index (κ3) is 2.39. The molecule has 2 nitrogen and oxygen atoms in total. The van der Waals surface area contributed by atoms with Crippen LogP contribution in [0.15, 0.2) is 30.6 Å². The highest BCUT2D eigenvalue weighted by Gasteiger charge is 2.06. The summed E-state index contributed by atoms with van der Waals surface area (Å²) in [5.41, 5.74) is 4.44. The molecule has 3 heteroatoms. The van der Waals surface area contributed by atoms with Crippen molar-refractivity contribution in [2.75, 3.05) is 0 Å². The first-order chi connectivity index (χ1) is 7.66. The van der Waals surface area contributed by atoms with Crippen LogP contribution in [0.3, 0.4) is 0 Å². The predicted molar refractivity (Wildman–Crippen MR) is 65.8 cm³/mol. The molecule has 0 aliphatic rings. The highest BCUT2D eigenvalue weighted by Crippen LogP contribution is 2.19. The summed E-state index contributed by atoms with van der Waals surface area (Å²) in [5.74, 6) is 0. The van der Waals surface area contributed by atoms with E-state index in [1.807, 2.05) is 6.92 Å². The molecule has 0 N–H and O–H groups in total. The highest BCUT2D eigenvalue weighted by molar-refractivity contribution is 6.30. The molecule has 0 amide bonds. The molecule has 0 fully saturated rings. The van der Waals surface area contributed by atoms with E-state index in [0.29, 0.717) is 5.15 Å². The van der Waals surface area contributed by atoms with Crippen LogP contribution in [0.1, 0.15) is 22.4 Å². The van der Waals surface area contributed by atoms with Gasteiger partial charge in [0.05, 0.1) is 0 Å².